The van der Waals surface area contributed by atoms with Crippen LogP contribution in [0.25, 0.3) is 0 Å². The van der Waals surface area contributed by atoms with E-state index in [1.165, 1.54) is 0 Å². The molecule has 0 bridgehead atoms. The van der Waals surface area contributed by atoms with Crippen LogP contribution in [0, 0.1) is 6.92 Å². The van der Waals surface area contributed by atoms with E-state index in [0.29, 0.717) is 12.0 Å². The zero-order valence-electron chi connectivity index (χ0n) is 13.7. The molecule has 1 aromatic carbocycles. The standard InChI is InChI=1S/C16H25N3O2S/c1-5-7-11(4)22(21)14-9-12(6-2)13(8-10(14)3)15(20)19-16(17)18/h8-9,11H,5-7H2,1-4H3,(H4,17,18,19,20). The molecular weight excluding hydrogens is 298 g/mol. The van der Waals surface area contributed by atoms with Gasteiger partial charge in [-0.1, -0.05) is 27.2 Å². The lowest BCUT2D eigenvalue weighted by atomic mass is 10.0. The third kappa shape index (κ3) is 4.40. The molecule has 1 amide bonds. The van der Waals surface area contributed by atoms with Crippen LogP contribution in [0.3, 0.4) is 0 Å². The zero-order valence-corrected chi connectivity index (χ0v) is 14.5. The predicted octanol–water partition coefficient (Wildman–Crippen LogP) is 2.27. The van der Waals surface area contributed by atoms with Crippen molar-refractivity contribution in [2.24, 2.45) is 16.5 Å². The largest absolute Gasteiger partial charge is 0.370 e. The number of aliphatic imine (C=N–C) groups is 1. The molecule has 5 nitrogen and oxygen atoms in total. The molecule has 0 aliphatic carbocycles. The van der Waals surface area contributed by atoms with Crippen LogP contribution in [0.15, 0.2) is 22.0 Å². The predicted molar refractivity (Wildman–Crippen MR) is 91.5 cm³/mol. The first kappa shape index (κ1) is 18.4. The monoisotopic (exact) mass is 323 g/mol. The van der Waals surface area contributed by atoms with Gasteiger partial charge in [0.1, 0.15) is 0 Å². The van der Waals surface area contributed by atoms with Gasteiger partial charge in [-0.25, -0.2) is 0 Å². The molecule has 4 N–H and O–H groups in total. The molecule has 6 heteroatoms. The lowest BCUT2D eigenvalue weighted by Crippen LogP contribution is -2.24. The van der Waals surface area contributed by atoms with Gasteiger partial charge in [-0.3, -0.25) is 9.00 Å². The van der Waals surface area contributed by atoms with Gasteiger partial charge >= 0.3 is 0 Å². The number of carbonyl (C=O) groups is 1. The quantitative estimate of drug-likeness (QED) is 0.619. The second-order valence-electron chi connectivity index (χ2n) is 5.37. The van der Waals surface area contributed by atoms with Gasteiger partial charge in [-0.05, 0) is 43.0 Å². The van der Waals surface area contributed by atoms with Crippen LogP contribution in [0.1, 0.15) is 55.1 Å². The number of hydrogen-bond donors (Lipinski definition) is 2. The Bertz CT molecular complexity index is 608. The molecule has 0 fully saturated rings. The molecule has 22 heavy (non-hydrogen) atoms. The van der Waals surface area contributed by atoms with Crippen molar-refractivity contribution in [2.45, 2.75) is 57.1 Å². The van der Waals surface area contributed by atoms with Gasteiger partial charge in [0, 0.05) is 15.7 Å². The van der Waals surface area contributed by atoms with Crippen LogP contribution in [0.4, 0.5) is 0 Å². The molecule has 122 valence electrons. The zero-order chi connectivity index (χ0) is 16.9. The lowest BCUT2D eigenvalue weighted by molar-refractivity contribution is 0.100. The Balaban J connectivity index is 3.29. The van der Waals surface area contributed by atoms with Crippen molar-refractivity contribution in [3.63, 3.8) is 0 Å². The average molecular weight is 323 g/mol. The van der Waals surface area contributed by atoms with E-state index in [-0.39, 0.29) is 11.2 Å². The highest BCUT2D eigenvalue weighted by Gasteiger charge is 2.19. The molecule has 1 rings (SSSR count). The molecule has 0 aromatic heterocycles. The number of rotatable bonds is 6. The van der Waals surface area contributed by atoms with Crippen LogP contribution in [0.5, 0.6) is 0 Å². The summed E-state index contributed by atoms with van der Waals surface area (Å²) in [7, 11) is -1.08. The number of carbonyl (C=O) groups excluding carboxylic acids is 1. The van der Waals surface area contributed by atoms with Gasteiger partial charge in [-0.2, -0.15) is 4.99 Å². The van der Waals surface area contributed by atoms with Crippen LogP contribution in [0.2, 0.25) is 0 Å². The van der Waals surface area contributed by atoms with Crippen molar-refractivity contribution < 1.29 is 9.00 Å². The van der Waals surface area contributed by atoms with E-state index >= 15 is 0 Å². The number of amides is 1. The maximum Gasteiger partial charge on any atom is 0.280 e. The Morgan fingerprint density at radius 1 is 1.32 bits per heavy atom. The van der Waals surface area contributed by atoms with Crippen LogP contribution >= 0.6 is 0 Å². The smallest absolute Gasteiger partial charge is 0.280 e. The Morgan fingerprint density at radius 3 is 2.45 bits per heavy atom. The number of guanidine groups is 1. The summed E-state index contributed by atoms with van der Waals surface area (Å²) < 4.78 is 12.6. The van der Waals surface area contributed by atoms with E-state index in [2.05, 4.69) is 11.9 Å². The summed E-state index contributed by atoms with van der Waals surface area (Å²) in [6.07, 6.45) is 2.55. The van der Waals surface area contributed by atoms with E-state index in [1.807, 2.05) is 26.8 Å². The van der Waals surface area contributed by atoms with Crippen LogP contribution in [-0.2, 0) is 17.2 Å². The van der Waals surface area contributed by atoms with Crippen LogP contribution in [-0.4, -0.2) is 21.3 Å². The third-order valence-electron chi connectivity index (χ3n) is 3.52. The summed E-state index contributed by atoms with van der Waals surface area (Å²) in [6.45, 7) is 7.87. The van der Waals surface area contributed by atoms with Gasteiger partial charge in [0.05, 0.1) is 10.8 Å². The molecule has 0 spiro atoms. The SMILES string of the molecule is CCCC(C)S(=O)c1cc(CC)c(C(=O)N=C(N)N)cc1C. The van der Waals surface area contributed by atoms with E-state index < -0.39 is 16.7 Å². The van der Waals surface area contributed by atoms with Crippen molar-refractivity contribution in [3.05, 3.63) is 28.8 Å². The van der Waals surface area contributed by atoms with E-state index in [4.69, 9.17) is 11.5 Å². The summed E-state index contributed by atoms with van der Waals surface area (Å²) in [5, 5.41) is 0.0904. The minimum absolute atomic E-state index is 0.0904. The topological polar surface area (TPSA) is 98.5 Å². The molecule has 0 heterocycles. The highest BCUT2D eigenvalue weighted by molar-refractivity contribution is 7.85. The molecule has 2 atom stereocenters. The fourth-order valence-electron chi connectivity index (χ4n) is 2.35. The Hall–Kier alpha value is -1.69. The summed E-state index contributed by atoms with van der Waals surface area (Å²) in [5.41, 5.74) is 12.6. The highest BCUT2D eigenvalue weighted by Crippen LogP contribution is 2.24. The maximum absolute atomic E-state index is 12.6. The molecule has 0 saturated heterocycles. The van der Waals surface area contributed by atoms with Gasteiger partial charge in [0.2, 0.25) is 0 Å². The number of benzene rings is 1. The number of hydrogen-bond acceptors (Lipinski definition) is 2. The van der Waals surface area contributed by atoms with Gasteiger partial charge in [-0.15, -0.1) is 0 Å². The lowest BCUT2D eigenvalue weighted by Gasteiger charge is -2.15. The molecule has 2 unspecified atom stereocenters. The van der Waals surface area contributed by atoms with E-state index in [0.717, 1.165) is 28.9 Å². The van der Waals surface area contributed by atoms with Crippen molar-refractivity contribution in [1.29, 1.82) is 0 Å². The first-order valence-electron chi connectivity index (χ1n) is 7.49. The molecule has 0 saturated carbocycles. The Labute approximate surface area is 134 Å². The average Bonchev–Trinajstić information content (AvgIpc) is 2.45. The normalized spacial score (nSPS) is 13.5. The van der Waals surface area contributed by atoms with Gasteiger partial charge in [0.25, 0.3) is 5.91 Å². The first-order valence-corrected chi connectivity index (χ1v) is 8.71. The summed E-state index contributed by atoms with van der Waals surface area (Å²) in [5.74, 6) is -0.715. The fourth-order valence-corrected chi connectivity index (χ4v) is 3.86. The minimum Gasteiger partial charge on any atom is -0.370 e. The summed E-state index contributed by atoms with van der Waals surface area (Å²) in [6, 6.07) is 3.59. The summed E-state index contributed by atoms with van der Waals surface area (Å²) >= 11 is 0. The van der Waals surface area contributed by atoms with Crippen LogP contribution < -0.4 is 11.5 Å². The minimum atomic E-state index is -1.08. The fraction of sp³-hybridized carbons (Fsp3) is 0.500. The van der Waals surface area contributed by atoms with Gasteiger partial charge in [0.15, 0.2) is 5.96 Å². The second kappa shape index (κ2) is 8.08. The number of nitrogens with two attached hydrogens (primary N) is 2. The van der Waals surface area contributed by atoms with Gasteiger partial charge < -0.3 is 11.5 Å². The van der Waals surface area contributed by atoms with E-state index in [1.54, 1.807) is 6.07 Å². The highest BCUT2D eigenvalue weighted by atomic mass is 32.2. The molecule has 1 aromatic rings. The van der Waals surface area contributed by atoms with Crippen molar-refractivity contribution >= 4 is 22.7 Å². The maximum atomic E-state index is 12.6. The first-order chi connectivity index (χ1) is 10.3. The van der Waals surface area contributed by atoms with Crippen molar-refractivity contribution in [2.75, 3.05) is 0 Å². The van der Waals surface area contributed by atoms with Crippen molar-refractivity contribution in [1.82, 2.24) is 0 Å². The molecule has 0 aliphatic heterocycles. The number of nitrogens with zero attached hydrogens (tertiary/aromatic N) is 1. The Morgan fingerprint density at radius 2 is 1.95 bits per heavy atom. The Kier molecular flexibility index (Phi) is 6.74. The summed E-state index contributed by atoms with van der Waals surface area (Å²) in [4.78, 5) is 16.5. The van der Waals surface area contributed by atoms with Crippen molar-refractivity contribution in [3.8, 4) is 0 Å². The molecule has 0 aliphatic rings. The second-order valence-corrected chi connectivity index (χ2v) is 7.21. The third-order valence-corrected chi connectivity index (χ3v) is 5.36. The molecule has 0 radical (unpaired) electrons. The number of aryl methyl sites for hydroxylation is 2. The van der Waals surface area contributed by atoms with E-state index in [9.17, 15) is 9.00 Å². The molecular formula is C16H25N3O2S.